The second-order valence-corrected chi connectivity index (χ2v) is 13.7. The Morgan fingerprint density at radius 2 is 1.51 bits per heavy atom. The summed E-state index contributed by atoms with van der Waals surface area (Å²) >= 11 is 0. The lowest BCUT2D eigenvalue weighted by Gasteiger charge is -2.43. The largest absolute Gasteiger partial charge is 0.443 e. The molecule has 0 bridgehead atoms. The minimum absolute atomic E-state index is 0.230. The second kappa shape index (κ2) is 9.30. The number of alkyl halides is 1. The standard InChI is InChI=1S/C23H31F2N3O8S/c1-20(2,3)35-18(29)27(19(30)36-21(4,5)6)17-22(7,8)37(33,34)16(25)23(9,26-17)14-12-13(28(31)32)10-11-15(14)24/h10-12,16H,1-9H3/t16?,23-/m1/s1. The lowest BCUT2D eigenvalue weighted by molar-refractivity contribution is -0.385. The monoisotopic (exact) mass is 547 g/mol. The van der Waals surface area contributed by atoms with E-state index in [0.717, 1.165) is 26.8 Å². The highest BCUT2D eigenvalue weighted by Gasteiger charge is 2.61. The maximum absolute atomic E-state index is 15.8. The lowest BCUT2D eigenvalue weighted by atomic mass is 9.91. The Labute approximate surface area is 213 Å². The van der Waals surface area contributed by atoms with Gasteiger partial charge in [0.1, 0.15) is 33.1 Å². The number of hydrogen-bond donors (Lipinski definition) is 0. The molecule has 14 heteroatoms. The number of carbonyl (C=O) groups excluding carboxylic acids is 2. The Kier molecular flexibility index (Phi) is 7.56. The number of non-ortho nitro benzene ring substituents is 1. The molecule has 1 aliphatic rings. The molecule has 206 valence electrons. The molecule has 0 fully saturated rings. The first-order valence-corrected chi connectivity index (χ1v) is 12.7. The van der Waals surface area contributed by atoms with Crippen molar-refractivity contribution in [3.05, 3.63) is 39.7 Å². The van der Waals surface area contributed by atoms with Gasteiger partial charge in [0, 0.05) is 17.7 Å². The summed E-state index contributed by atoms with van der Waals surface area (Å²) in [5.41, 5.74) is -9.28. The van der Waals surface area contributed by atoms with E-state index in [0.29, 0.717) is 12.1 Å². The van der Waals surface area contributed by atoms with Gasteiger partial charge in [0.15, 0.2) is 9.84 Å². The Balaban J connectivity index is 2.95. The molecule has 0 aliphatic carbocycles. The maximum Gasteiger partial charge on any atom is 0.425 e. The van der Waals surface area contributed by atoms with Crippen molar-refractivity contribution in [1.82, 2.24) is 4.90 Å². The van der Waals surface area contributed by atoms with Gasteiger partial charge >= 0.3 is 12.2 Å². The molecule has 1 aromatic rings. The number of halogens is 2. The number of nitrogens with zero attached hydrogens (tertiary/aromatic N) is 3. The van der Waals surface area contributed by atoms with Crippen LogP contribution in [0.2, 0.25) is 0 Å². The van der Waals surface area contributed by atoms with Gasteiger partial charge < -0.3 is 9.47 Å². The summed E-state index contributed by atoms with van der Waals surface area (Å²) < 4.78 is 65.8. The molecule has 2 rings (SSSR count). The molecule has 0 saturated carbocycles. The fraction of sp³-hybridized carbons (Fsp3) is 0.609. The fourth-order valence-corrected chi connectivity index (χ4v) is 5.17. The third kappa shape index (κ3) is 5.73. The summed E-state index contributed by atoms with van der Waals surface area (Å²) in [6.07, 6.45) is -2.74. The Morgan fingerprint density at radius 3 is 1.92 bits per heavy atom. The topological polar surface area (TPSA) is 145 Å². The van der Waals surface area contributed by atoms with E-state index in [1.54, 1.807) is 0 Å². The zero-order valence-corrected chi connectivity index (χ0v) is 22.9. The summed E-state index contributed by atoms with van der Waals surface area (Å²) in [6, 6.07) is 2.14. The summed E-state index contributed by atoms with van der Waals surface area (Å²) in [6.45, 7) is 11.9. The van der Waals surface area contributed by atoms with Crippen LogP contribution in [0.15, 0.2) is 23.2 Å². The number of benzene rings is 1. The second-order valence-electron chi connectivity index (χ2n) is 11.2. The van der Waals surface area contributed by atoms with Crippen molar-refractivity contribution in [2.24, 2.45) is 4.99 Å². The number of aliphatic imine (C=N–C) groups is 1. The van der Waals surface area contributed by atoms with E-state index in [1.807, 2.05) is 0 Å². The molecule has 1 aliphatic heterocycles. The third-order valence-electron chi connectivity index (χ3n) is 5.37. The van der Waals surface area contributed by atoms with E-state index in [2.05, 4.69) is 4.99 Å². The molecule has 0 saturated heterocycles. The number of amides is 2. The van der Waals surface area contributed by atoms with E-state index < -0.39 is 76.8 Å². The molecule has 1 unspecified atom stereocenters. The normalized spacial score (nSPS) is 23.0. The van der Waals surface area contributed by atoms with Gasteiger partial charge in [0.2, 0.25) is 5.50 Å². The zero-order chi connectivity index (χ0) is 28.9. The zero-order valence-electron chi connectivity index (χ0n) is 22.1. The molecular formula is C23H31F2N3O8S. The number of rotatable bonds is 2. The molecule has 0 N–H and O–H groups in total. The number of sulfone groups is 1. The molecule has 11 nitrogen and oxygen atoms in total. The predicted molar refractivity (Wildman–Crippen MR) is 130 cm³/mol. The van der Waals surface area contributed by atoms with E-state index in [-0.39, 0.29) is 4.90 Å². The van der Waals surface area contributed by atoms with Crippen molar-refractivity contribution < 1.29 is 41.2 Å². The Hall–Kier alpha value is -3.16. The van der Waals surface area contributed by atoms with Crippen LogP contribution in [0, 0.1) is 15.9 Å². The first kappa shape index (κ1) is 30.1. The fourth-order valence-electron chi connectivity index (χ4n) is 3.47. The predicted octanol–water partition coefficient (Wildman–Crippen LogP) is 5.02. The molecule has 0 spiro atoms. The molecular weight excluding hydrogens is 516 g/mol. The molecule has 2 atom stereocenters. The highest BCUT2D eigenvalue weighted by Crippen LogP contribution is 2.46. The van der Waals surface area contributed by atoms with Crippen molar-refractivity contribution in [1.29, 1.82) is 0 Å². The average molecular weight is 548 g/mol. The van der Waals surface area contributed by atoms with Crippen LogP contribution in [-0.2, 0) is 24.8 Å². The highest BCUT2D eigenvalue weighted by molar-refractivity contribution is 7.94. The van der Waals surface area contributed by atoms with Crippen molar-refractivity contribution >= 4 is 33.5 Å². The van der Waals surface area contributed by atoms with Crippen molar-refractivity contribution in [2.75, 3.05) is 0 Å². The van der Waals surface area contributed by atoms with Crippen LogP contribution in [0.25, 0.3) is 0 Å². The van der Waals surface area contributed by atoms with Gasteiger partial charge in [0.25, 0.3) is 5.69 Å². The number of hydrogen-bond acceptors (Lipinski definition) is 9. The van der Waals surface area contributed by atoms with Gasteiger partial charge in [-0.3, -0.25) is 15.1 Å². The van der Waals surface area contributed by atoms with E-state index in [1.165, 1.54) is 41.5 Å². The van der Waals surface area contributed by atoms with Crippen LogP contribution in [0.3, 0.4) is 0 Å². The van der Waals surface area contributed by atoms with E-state index in [4.69, 9.17) is 9.47 Å². The lowest BCUT2D eigenvalue weighted by Crippen LogP contribution is -2.63. The highest BCUT2D eigenvalue weighted by atomic mass is 32.2. The van der Waals surface area contributed by atoms with Gasteiger partial charge in [-0.2, -0.15) is 4.90 Å². The maximum atomic E-state index is 15.8. The van der Waals surface area contributed by atoms with Gasteiger partial charge in [-0.05, 0) is 68.4 Å². The van der Waals surface area contributed by atoms with Crippen LogP contribution < -0.4 is 0 Å². The number of nitro benzene ring substituents is 1. The summed E-state index contributed by atoms with van der Waals surface area (Å²) in [5, 5.41) is 11.3. The number of nitro groups is 1. The molecule has 1 aromatic carbocycles. The van der Waals surface area contributed by atoms with Crippen molar-refractivity contribution in [3.63, 3.8) is 0 Å². The summed E-state index contributed by atoms with van der Waals surface area (Å²) in [4.78, 5) is 41.1. The van der Waals surface area contributed by atoms with E-state index >= 15 is 4.39 Å². The Bertz CT molecular complexity index is 1240. The van der Waals surface area contributed by atoms with Crippen LogP contribution in [0.5, 0.6) is 0 Å². The average Bonchev–Trinajstić information content (AvgIpc) is 2.68. The van der Waals surface area contributed by atoms with Gasteiger partial charge in [-0.15, -0.1) is 0 Å². The quantitative estimate of drug-likeness (QED) is 0.370. The number of carbonyl (C=O) groups is 2. The first-order valence-electron chi connectivity index (χ1n) is 11.1. The molecule has 0 radical (unpaired) electrons. The Morgan fingerprint density at radius 1 is 1.05 bits per heavy atom. The van der Waals surface area contributed by atoms with Crippen LogP contribution >= 0.6 is 0 Å². The SMILES string of the molecule is CC(C)(C)OC(=O)N(C(=O)OC(C)(C)C)C1=N[C@](C)(c2cc([N+](=O)[O-])ccc2F)C(F)S(=O)(=O)C1(C)C. The smallest absolute Gasteiger partial charge is 0.425 e. The number of ether oxygens (including phenoxy) is 2. The van der Waals surface area contributed by atoms with Crippen molar-refractivity contribution in [2.45, 2.75) is 89.3 Å². The molecule has 0 aromatic heterocycles. The summed E-state index contributed by atoms with van der Waals surface area (Å²) in [7, 11) is -4.99. The minimum atomic E-state index is -4.99. The van der Waals surface area contributed by atoms with Gasteiger partial charge in [-0.1, -0.05) is 0 Å². The first-order chi connectivity index (χ1) is 16.5. The summed E-state index contributed by atoms with van der Waals surface area (Å²) in [5.74, 6) is -1.99. The van der Waals surface area contributed by atoms with Crippen LogP contribution in [0.4, 0.5) is 24.1 Å². The molecule has 1 heterocycles. The number of imide groups is 1. The van der Waals surface area contributed by atoms with E-state index in [9.17, 15) is 32.5 Å². The van der Waals surface area contributed by atoms with Crippen LogP contribution in [0.1, 0.15) is 67.9 Å². The third-order valence-corrected chi connectivity index (χ3v) is 7.98. The van der Waals surface area contributed by atoms with Gasteiger partial charge in [0.05, 0.1) is 4.92 Å². The van der Waals surface area contributed by atoms with Crippen molar-refractivity contribution in [3.8, 4) is 0 Å². The van der Waals surface area contributed by atoms with Gasteiger partial charge in [-0.25, -0.2) is 26.8 Å². The minimum Gasteiger partial charge on any atom is -0.443 e. The molecule has 2 amide bonds. The molecule has 37 heavy (non-hydrogen) atoms. The van der Waals surface area contributed by atoms with Crippen LogP contribution in [-0.4, -0.2) is 57.7 Å². The number of amidine groups is 1.